The average Bonchev–Trinajstić information content (AvgIpc) is 2.57. The van der Waals surface area contributed by atoms with E-state index in [-0.39, 0.29) is 0 Å². The summed E-state index contributed by atoms with van der Waals surface area (Å²) in [5.74, 6) is 0. The number of rotatable bonds is 7. The van der Waals surface area contributed by atoms with Crippen molar-refractivity contribution in [3.8, 4) is 0 Å². The van der Waals surface area contributed by atoms with Crippen LogP contribution < -0.4 is 8.61 Å². The van der Waals surface area contributed by atoms with Crippen LogP contribution in [-0.4, -0.2) is 12.8 Å². The Kier molecular flexibility index (Phi) is 7.77. The number of carbonyl (C=O) groups is 2. The number of carbonyl (C=O) groups excluding carboxylic acids is 2. The van der Waals surface area contributed by atoms with E-state index < -0.39 is 0 Å². The summed E-state index contributed by atoms with van der Waals surface area (Å²) in [6.07, 6.45) is 1.30. The molecule has 0 radical (unpaired) electrons. The lowest BCUT2D eigenvalue weighted by atomic mass is 10.3. The van der Waals surface area contributed by atoms with Crippen molar-refractivity contribution in [3.05, 3.63) is 55.4 Å². The third kappa shape index (κ3) is 5.06. The molecule has 0 aliphatic heterocycles. The highest BCUT2D eigenvalue weighted by Gasteiger charge is 2.14. The standard InChI is InChI=1S/C14H8Br2Cl2N2O2S2/c15-11-3-1-9(5-13(11)17)19(7-21)23-24-20(8-22)10-2-4-12(16)14(18)6-10/h1-8H. The van der Waals surface area contributed by atoms with Crippen LogP contribution in [0.25, 0.3) is 0 Å². The van der Waals surface area contributed by atoms with E-state index in [2.05, 4.69) is 31.9 Å². The maximum absolute atomic E-state index is 11.3. The molecule has 0 spiro atoms. The number of amides is 2. The van der Waals surface area contributed by atoms with Gasteiger partial charge in [-0.15, -0.1) is 0 Å². The first-order valence-corrected chi connectivity index (χ1v) is 10.6. The van der Waals surface area contributed by atoms with Crippen molar-refractivity contribution in [3.63, 3.8) is 0 Å². The Morgan fingerprint density at radius 2 is 1.17 bits per heavy atom. The van der Waals surface area contributed by atoms with Crippen molar-refractivity contribution in [1.82, 2.24) is 0 Å². The molecule has 0 fully saturated rings. The summed E-state index contributed by atoms with van der Waals surface area (Å²) in [5, 5.41) is 0.966. The molecule has 0 N–H and O–H groups in total. The Labute approximate surface area is 173 Å². The van der Waals surface area contributed by atoms with E-state index >= 15 is 0 Å². The van der Waals surface area contributed by atoms with Crippen molar-refractivity contribution in [1.29, 1.82) is 0 Å². The molecule has 0 aliphatic carbocycles. The summed E-state index contributed by atoms with van der Waals surface area (Å²) < 4.78 is 4.19. The van der Waals surface area contributed by atoms with Crippen molar-refractivity contribution >= 4 is 101 Å². The van der Waals surface area contributed by atoms with E-state index in [1.807, 2.05) is 0 Å². The maximum atomic E-state index is 11.3. The molecule has 0 aliphatic rings. The van der Waals surface area contributed by atoms with Crippen LogP contribution in [0.5, 0.6) is 0 Å². The van der Waals surface area contributed by atoms with E-state index in [0.29, 0.717) is 34.2 Å². The fourth-order valence-corrected chi connectivity index (χ4v) is 4.17. The number of hydrogen-bond donors (Lipinski definition) is 0. The minimum absolute atomic E-state index is 0.483. The zero-order valence-electron chi connectivity index (χ0n) is 11.7. The van der Waals surface area contributed by atoms with E-state index in [1.165, 1.54) is 8.61 Å². The third-order valence-corrected chi connectivity index (χ3v) is 7.31. The lowest BCUT2D eigenvalue weighted by molar-refractivity contribution is -0.107. The molecule has 4 nitrogen and oxygen atoms in total. The highest BCUT2D eigenvalue weighted by atomic mass is 79.9. The number of anilines is 2. The molecule has 0 saturated heterocycles. The molecule has 24 heavy (non-hydrogen) atoms. The molecule has 2 amide bonds. The minimum atomic E-state index is 0.483. The zero-order chi connectivity index (χ0) is 17.7. The summed E-state index contributed by atoms with van der Waals surface area (Å²) >= 11 is 18.7. The predicted molar refractivity (Wildman–Crippen MR) is 111 cm³/mol. The number of nitrogens with zero attached hydrogens (tertiary/aromatic N) is 2. The van der Waals surface area contributed by atoms with Gasteiger partial charge in [-0.2, -0.15) is 0 Å². The highest BCUT2D eigenvalue weighted by molar-refractivity contribution is 9.10. The second-order valence-corrected chi connectivity index (χ2v) is 8.71. The van der Waals surface area contributed by atoms with Crippen LogP contribution in [0, 0.1) is 0 Å². The molecule has 2 aromatic carbocycles. The van der Waals surface area contributed by atoms with Gasteiger partial charge in [-0.25, -0.2) is 8.61 Å². The van der Waals surface area contributed by atoms with Crippen LogP contribution in [0.4, 0.5) is 11.4 Å². The topological polar surface area (TPSA) is 40.6 Å². The summed E-state index contributed by atoms with van der Waals surface area (Å²) in [6.45, 7) is 0. The van der Waals surface area contributed by atoms with E-state index in [9.17, 15) is 9.59 Å². The van der Waals surface area contributed by atoms with Crippen molar-refractivity contribution in [2.45, 2.75) is 0 Å². The van der Waals surface area contributed by atoms with Crippen LogP contribution in [-0.2, 0) is 9.59 Å². The molecule has 0 aromatic heterocycles. The van der Waals surface area contributed by atoms with Gasteiger partial charge in [-0.05, 0) is 68.3 Å². The molecule has 0 unspecified atom stereocenters. The van der Waals surface area contributed by atoms with Crippen LogP contribution in [0.3, 0.4) is 0 Å². The molecular formula is C14H8Br2Cl2N2O2S2. The van der Waals surface area contributed by atoms with Crippen LogP contribution in [0.1, 0.15) is 0 Å². The Balaban J connectivity index is 2.12. The van der Waals surface area contributed by atoms with E-state index in [4.69, 9.17) is 23.2 Å². The van der Waals surface area contributed by atoms with Crippen molar-refractivity contribution in [2.24, 2.45) is 0 Å². The van der Waals surface area contributed by atoms with Crippen LogP contribution in [0.15, 0.2) is 45.3 Å². The monoisotopic (exact) mass is 528 g/mol. The van der Waals surface area contributed by atoms with Gasteiger partial charge in [0.2, 0.25) is 12.8 Å². The molecule has 0 atom stereocenters. The quantitative estimate of drug-likeness (QED) is 0.237. The van der Waals surface area contributed by atoms with Crippen molar-refractivity contribution in [2.75, 3.05) is 8.61 Å². The molecule has 2 rings (SSSR count). The first kappa shape index (κ1) is 19.9. The number of hydrogen-bond acceptors (Lipinski definition) is 4. The van der Waals surface area contributed by atoms with E-state index in [0.717, 1.165) is 30.9 Å². The fourth-order valence-electron chi connectivity index (χ4n) is 1.56. The molecule has 0 saturated carbocycles. The van der Waals surface area contributed by atoms with Gasteiger partial charge in [0.1, 0.15) is 0 Å². The molecule has 126 valence electrons. The van der Waals surface area contributed by atoms with Gasteiger partial charge in [-0.1, -0.05) is 23.2 Å². The number of halogens is 4. The Bertz CT molecular complexity index is 704. The highest BCUT2D eigenvalue weighted by Crippen LogP contribution is 2.38. The lowest BCUT2D eigenvalue weighted by Gasteiger charge is -2.20. The normalized spacial score (nSPS) is 10.3. The zero-order valence-corrected chi connectivity index (χ0v) is 18.0. The smallest absolute Gasteiger partial charge is 0.224 e. The maximum Gasteiger partial charge on any atom is 0.224 e. The summed E-state index contributed by atoms with van der Waals surface area (Å²) in [6, 6.07) is 10.3. The first-order valence-electron chi connectivity index (χ1n) is 6.20. The van der Waals surface area contributed by atoms with Gasteiger partial charge in [0.25, 0.3) is 0 Å². The van der Waals surface area contributed by atoms with E-state index in [1.54, 1.807) is 36.4 Å². The lowest BCUT2D eigenvalue weighted by Crippen LogP contribution is -2.15. The van der Waals surface area contributed by atoms with Crippen molar-refractivity contribution < 1.29 is 9.59 Å². The molecule has 0 heterocycles. The summed E-state index contributed by atoms with van der Waals surface area (Å²) in [7, 11) is 2.15. The summed E-state index contributed by atoms with van der Waals surface area (Å²) in [4.78, 5) is 22.7. The van der Waals surface area contributed by atoms with Gasteiger partial charge in [0, 0.05) is 8.95 Å². The fraction of sp³-hybridized carbons (Fsp3) is 0. The summed E-state index contributed by atoms with van der Waals surface area (Å²) in [5.41, 5.74) is 1.19. The number of benzene rings is 2. The molecule has 10 heteroatoms. The van der Waals surface area contributed by atoms with Crippen LogP contribution in [0.2, 0.25) is 10.0 Å². The van der Waals surface area contributed by atoms with Gasteiger partial charge in [0.15, 0.2) is 0 Å². The van der Waals surface area contributed by atoms with Gasteiger partial charge < -0.3 is 0 Å². The SMILES string of the molecule is O=CN(SSN(C=O)c1ccc(Br)c(Cl)c1)c1ccc(Br)c(Cl)c1. The molecular weight excluding hydrogens is 523 g/mol. The van der Waals surface area contributed by atoms with Gasteiger partial charge in [-0.3, -0.25) is 9.59 Å². The predicted octanol–water partition coefficient (Wildman–Crippen LogP) is 6.36. The Morgan fingerprint density at radius 1 is 0.792 bits per heavy atom. The molecule has 2 aromatic rings. The molecule has 0 bridgehead atoms. The Morgan fingerprint density at radius 3 is 1.46 bits per heavy atom. The second kappa shape index (κ2) is 9.35. The second-order valence-electron chi connectivity index (χ2n) is 4.21. The Hall–Kier alpha value is -0.380. The largest absolute Gasteiger partial charge is 0.277 e. The van der Waals surface area contributed by atoms with Crippen LogP contribution >= 0.6 is 77.0 Å². The van der Waals surface area contributed by atoms with Gasteiger partial charge >= 0.3 is 0 Å². The first-order chi connectivity index (χ1) is 11.5. The average molecular weight is 531 g/mol. The van der Waals surface area contributed by atoms with Gasteiger partial charge in [0.05, 0.1) is 43.4 Å². The third-order valence-electron chi connectivity index (χ3n) is 2.70. The minimum Gasteiger partial charge on any atom is -0.277 e.